The molecule has 0 radical (unpaired) electrons. The molecule has 1 aromatic carbocycles. The van der Waals surface area contributed by atoms with Gasteiger partial charge in [-0.3, -0.25) is 4.79 Å². The number of rotatable bonds is 8. The Morgan fingerprint density at radius 3 is 2.48 bits per heavy atom. The molecule has 2 N–H and O–H groups in total. The van der Waals surface area contributed by atoms with Crippen LogP contribution in [0.5, 0.6) is 0 Å². The molecule has 0 atom stereocenters. The highest BCUT2D eigenvalue weighted by Gasteiger charge is 2.11. The number of benzene rings is 1. The van der Waals surface area contributed by atoms with Gasteiger partial charge in [-0.1, -0.05) is 19.8 Å². The van der Waals surface area contributed by atoms with Crippen molar-refractivity contribution in [3.05, 3.63) is 42.4 Å². The van der Waals surface area contributed by atoms with Crippen molar-refractivity contribution in [1.29, 1.82) is 0 Å². The van der Waals surface area contributed by atoms with Crippen LogP contribution in [-0.2, 0) is 0 Å². The van der Waals surface area contributed by atoms with Crippen molar-refractivity contribution >= 4 is 23.1 Å². The number of hydrogen-bond acceptors (Lipinski definition) is 5. The summed E-state index contributed by atoms with van der Waals surface area (Å²) in [6, 6.07) is 8.39. The molecule has 0 saturated carbocycles. The van der Waals surface area contributed by atoms with Crippen LogP contribution in [-0.4, -0.2) is 35.5 Å². The molecule has 2 aromatic rings. The first kappa shape index (κ1) is 19.1. The van der Waals surface area contributed by atoms with Gasteiger partial charge in [-0.05, 0) is 49.9 Å². The Labute approximate surface area is 161 Å². The number of anilines is 3. The van der Waals surface area contributed by atoms with E-state index in [1.54, 1.807) is 6.20 Å². The molecule has 0 unspecified atom stereocenters. The van der Waals surface area contributed by atoms with Gasteiger partial charge >= 0.3 is 0 Å². The van der Waals surface area contributed by atoms with Gasteiger partial charge in [-0.15, -0.1) is 0 Å². The Balaban J connectivity index is 1.52. The van der Waals surface area contributed by atoms with Crippen LogP contribution in [0.4, 0.5) is 17.2 Å². The molecule has 1 aromatic heterocycles. The predicted molar refractivity (Wildman–Crippen MR) is 110 cm³/mol. The summed E-state index contributed by atoms with van der Waals surface area (Å²) in [5, 5.41) is 6.11. The zero-order chi connectivity index (χ0) is 18.9. The van der Waals surface area contributed by atoms with Gasteiger partial charge < -0.3 is 15.5 Å². The fourth-order valence-electron chi connectivity index (χ4n) is 3.23. The van der Waals surface area contributed by atoms with Crippen molar-refractivity contribution in [2.45, 2.75) is 45.4 Å². The third-order valence-corrected chi connectivity index (χ3v) is 4.81. The normalized spacial score (nSPS) is 14.0. The number of aromatic nitrogens is 2. The fourth-order valence-corrected chi connectivity index (χ4v) is 3.23. The highest BCUT2D eigenvalue weighted by Crippen LogP contribution is 2.23. The summed E-state index contributed by atoms with van der Waals surface area (Å²) >= 11 is 0. The van der Waals surface area contributed by atoms with Crippen molar-refractivity contribution in [3.63, 3.8) is 0 Å². The third-order valence-electron chi connectivity index (χ3n) is 4.81. The van der Waals surface area contributed by atoms with Crippen molar-refractivity contribution in [3.8, 4) is 0 Å². The molecule has 27 heavy (non-hydrogen) atoms. The SMILES string of the molecule is CCCCCNC(=O)c1cnc(Nc2ccc(N3CCCCC3)cc2)cn1. The molecule has 2 heterocycles. The Bertz CT molecular complexity index is 708. The van der Waals surface area contributed by atoms with Crippen LogP contribution in [0.15, 0.2) is 36.7 Å². The highest BCUT2D eigenvalue weighted by atomic mass is 16.1. The maximum absolute atomic E-state index is 12.0. The van der Waals surface area contributed by atoms with Gasteiger partial charge in [0.15, 0.2) is 0 Å². The summed E-state index contributed by atoms with van der Waals surface area (Å²) in [6.07, 6.45) is 10.2. The quantitative estimate of drug-likeness (QED) is 0.687. The minimum absolute atomic E-state index is 0.170. The molecule has 0 aliphatic carbocycles. The number of piperidine rings is 1. The lowest BCUT2D eigenvalue weighted by molar-refractivity contribution is 0.0947. The molecular formula is C21H29N5O. The van der Waals surface area contributed by atoms with Crippen molar-refractivity contribution in [2.24, 2.45) is 0 Å². The van der Waals surface area contributed by atoms with Crippen molar-refractivity contribution in [2.75, 3.05) is 29.9 Å². The van der Waals surface area contributed by atoms with E-state index in [1.807, 2.05) is 0 Å². The lowest BCUT2D eigenvalue weighted by Gasteiger charge is -2.28. The number of unbranched alkanes of at least 4 members (excludes halogenated alkanes) is 2. The van der Waals surface area contributed by atoms with Gasteiger partial charge in [0, 0.05) is 31.0 Å². The summed E-state index contributed by atoms with van der Waals surface area (Å²) in [5.41, 5.74) is 2.57. The number of carbonyl (C=O) groups is 1. The summed E-state index contributed by atoms with van der Waals surface area (Å²) in [7, 11) is 0. The average molecular weight is 367 g/mol. The van der Waals surface area contributed by atoms with Crippen LogP contribution in [0.25, 0.3) is 0 Å². The number of hydrogen-bond donors (Lipinski definition) is 2. The molecule has 0 spiro atoms. The Hall–Kier alpha value is -2.63. The van der Waals surface area contributed by atoms with Crippen LogP contribution in [0.3, 0.4) is 0 Å². The standard InChI is InChI=1S/C21H29N5O/c1-2-3-5-12-22-21(27)19-15-24-20(16-23-19)25-17-8-10-18(11-9-17)26-13-6-4-7-14-26/h8-11,15-16H,2-7,12-14H2,1H3,(H,22,27)(H,24,25). The maximum atomic E-state index is 12.0. The molecule has 0 bridgehead atoms. The second kappa shape index (κ2) is 9.90. The second-order valence-electron chi connectivity index (χ2n) is 6.97. The van der Waals surface area contributed by atoms with Crippen molar-refractivity contribution < 1.29 is 4.79 Å². The van der Waals surface area contributed by atoms with Gasteiger partial charge in [0.25, 0.3) is 5.91 Å². The zero-order valence-electron chi connectivity index (χ0n) is 16.1. The molecular weight excluding hydrogens is 338 g/mol. The molecule has 1 amide bonds. The molecule has 6 nitrogen and oxygen atoms in total. The van der Waals surface area contributed by atoms with E-state index in [0.717, 1.165) is 38.0 Å². The fraction of sp³-hybridized carbons (Fsp3) is 0.476. The van der Waals surface area contributed by atoms with E-state index in [2.05, 4.69) is 56.7 Å². The molecule has 144 valence electrons. The van der Waals surface area contributed by atoms with Crippen LogP contribution >= 0.6 is 0 Å². The molecule has 3 rings (SSSR count). The number of amides is 1. The van der Waals surface area contributed by atoms with Crippen LogP contribution in [0, 0.1) is 0 Å². The minimum atomic E-state index is -0.170. The predicted octanol–water partition coefficient (Wildman–Crippen LogP) is 4.13. The highest BCUT2D eigenvalue weighted by molar-refractivity contribution is 5.92. The molecule has 1 aliphatic rings. The second-order valence-corrected chi connectivity index (χ2v) is 6.97. The summed E-state index contributed by atoms with van der Waals surface area (Å²) < 4.78 is 0. The van der Waals surface area contributed by atoms with Gasteiger partial charge in [-0.25, -0.2) is 9.97 Å². The van der Waals surface area contributed by atoms with E-state index in [-0.39, 0.29) is 5.91 Å². The lowest BCUT2D eigenvalue weighted by Crippen LogP contribution is -2.29. The Morgan fingerprint density at radius 1 is 1.04 bits per heavy atom. The first-order valence-corrected chi connectivity index (χ1v) is 9.98. The van der Waals surface area contributed by atoms with E-state index in [0.29, 0.717) is 18.1 Å². The van der Waals surface area contributed by atoms with E-state index in [9.17, 15) is 4.79 Å². The van der Waals surface area contributed by atoms with Crippen LogP contribution in [0.1, 0.15) is 55.9 Å². The minimum Gasteiger partial charge on any atom is -0.372 e. The first-order valence-electron chi connectivity index (χ1n) is 9.98. The van der Waals surface area contributed by atoms with E-state index >= 15 is 0 Å². The zero-order valence-corrected chi connectivity index (χ0v) is 16.1. The monoisotopic (exact) mass is 367 g/mol. The lowest BCUT2D eigenvalue weighted by atomic mass is 10.1. The van der Waals surface area contributed by atoms with Gasteiger partial charge in [0.1, 0.15) is 11.5 Å². The van der Waals surface area contributed by atoms with Gasteiger partial charge in [0.2, 0.25) is 0 Å². The first-order chi connectivity index (χ1) is 13.3. The van der Waals surface area contributed by atoms with E-state index in [1.165, 1.54) is 31.1 Å². The van der Waals surface area contributed by atoms with Gasteiger partial charge in [-0.2, -0.15) is 0 Å². The van der Waals surface area contributed by atoms with Gasteiger partial charge in [0.05, 0.1) is 12.4 Å². The summed E-state index contributed by atoms with van der Waals surface area (Å²) in [6.45, 7) is 5.10. The smallest absolute Gasteiger partial charge is 0.271 e. The van der Waals surface area contributed by atoms with E-state index < -0.39 is 0 Å². The topological polar surface area (TPSA) is 70.2 Å². The van der Waals surface area contributed by atoms with Crippen molar-refractivity contribution in [1.82, 2.24) is 15.3 Å². The number of nitrogens with one attached hydrogen (secondary N) is 2. The molecule has 1 saturated heterocycles. The number of nitrogens with zero attached hydrogens (tertiary/aromatic N) is 3. The average Bonchev–Trinajstić information content (AvgIpc) is 2.73. The Kier molecular flexibility index (Phi) is 7.02. The molecule has 1 aliphatic heterocycles. The van der Waals surface area contributed by atoms with E-state index in [4.69, 9.17) is 0 Å². The third kappa shape index (κ3) is 5.67. The Morgan fingerprint density at radius 2 is 1.81 bits per heavy atom. The summed E-state index contributed by atoms with van der Waals surface area (Å²) in [5.74, 6) is 0.458. The molecule has 1 fully saturated rings. The number of carbonyl (C=O) groups excluding carboxylic acids is 1. The summed E-state index contributed by atoms with van der Waals surface area (Å²) in [4.78, 5) is 23.0. The van der Waals surface area contributed by atoms with Crippen LogP contribution in [0.2, 0.25) is 0 Å². The maximum Gasteiger partial charge on any atom is 0.271 e. The largest absolute Gasteiger partial charge is 0.372 e. The molecule has 6 heteroatoms. The van der Waals surface area contributed by atoms with Crippen LogP contribution < -0.4 is 15.5 Å².